The van der Waals surface area contributed by atoms with Crippen molar-refractivity contribution < 1.29 is 9.53 Å². The third-order valence-corrected chi connectivity index (χ3v) is 13.0. The Morgan fingerprint density at radius 2 is 1.60 bits per heavy atom. The maximum absolute atomic E-state index is 13.3. The molecule has 0 aromatic heterocycles. The van der Waals surface area contributed by atoms with Crippen molar-refractivity contribution in [1.82, 2.24) is 10.2 Å². The first kappa shape index (κ1) is 44.8. The van der Waals surface area contributed by atoms with Gasteiger partial charge in [-0.25, -0.2) is 4.79 Å². The quantitative estimate of drug-likeness (QED) is 0.103. The third-order valence-electron chi connectivity index (χ3n) is 13.0. The molecule has 4 rings (SSSR count). The van der Waals surface area contributed by atoms with Gasteiger partial charge in [-0.3, -0.25) is 0 Å². The van der Waals surface area contributed by atoms with Crippen LogP contribution in [-0.4, -0.2) is 56.4 Å². The van der Waals surface area contributed by atoms with Gasteiger partial charge in [-0.1, -0.05) is 65.5 Å². The molecule has 3 fully saturated rings. The summed E-state index contributed by atoms with van der Waals surface area (Å²) in [7, 11) is 0. The van der Waals surface area contributed by atoms with Crippen LogP contribution in [-0.2, 0) is 4.74 Å². The molecule has 4 aliphatic rings. The average Bonchev–Trinajstić information content (AvgIpc) is 3.35. The SMILES string of the molecule is CC(C)CCC[C@@H](C)[C@H]1CC[C@H]2[C@@H]3CC=C4C[C@@H](OC(=O)N(CCCN)CCCCNCCCN)CC[C@]4(C)[C@H]3CC[C@]12C.Cl.Cl.Cl. The van der Waals surface area contributed by atoms with E-state index in [1.54, 1.807) is 5.57 Å². The lowest BCUT2D eigenvalue weighted by Crippen LogP contribution is -2.51. The van der Waals surface area contributed by atoms with Gasteiger partial charge >= 0.3 is 6.09 Å². The topological polar surface area (TPSA) is 93.6 Å². The second-order valence-corrected chi connectivity index (χ2v) is 16.3. The van der Waals surface area contributed by atoms with Gasteiger partial charge in [0, 0.05) is 19.5 Å². The average molecular weight is 724 g/mol. The number of fused-ring (bicyclic) bond motifs is 5. The van der Waals surface area contributed by atoms with E-state index in [0.29, 0.717) is 18.5 Å². The highest BCUT2D eigenvalue weighted by Crippen LogP contribution is 2.67. The molecule has 6 nitrogen and oxygen atoms in total. The van der Waals surface area contributed by atoms with Crippen LogP contribution in [0, 0.1) is 46.3 Å². The van der Waals surface area contributed by atoms with Crippen LogP contribution < -0.4 is 16.8 Å². The molecule has 8 atom stereocenters. The van der Waals surface area contributed by atoms with E-state index in [9.17, 15) is 4.79 Å². The Hall–Kier alpha value is -0.240. The molecule has 9 heteroatoms. The molecule has 1 amide bonds. The monoisotopic (exact) mass is 722 g/mol. The van der Waals surface area contributed by atoms with Gasteiger partial charge < -0.3 is 26.4 Å². The van der Waals surface area contributed by atoms with Gasteiger partial charge in [0.15, 0.2) is 0 Å². The summed E-state index contributed by atoms with van der Waals surface area (Å²) in [5.74, 6) is 5.11. The number of amides is 1. The van der Waals surface area contributed by atoms with Gasteiger partial charge in [0.05, 0.1) is 0 Å². The minimum atomic E-state index is -0.134. The number of hydrogen-bond donors (Lipinski definition) is 3. The van der Waals surface area contributed by atoms with E-state index < -0.39 is 0 Å². The number of carbonyl (C=O) groups is 1. The van der Waals surface area contributed by atoms with Gasteiger partial charge in [-0.2, -0.15) is 0 Å². The van der Waals surface area contributed by atoms with Crippen molar-refractivity contribution in [1.29, 1.82) is 0 Å². The molecule has 0 saturated heterocycles. The number of hydrogen-bond acceptors (Lipinski definition) is 5. The molecule has 0 aliphatic heterocycles. The second kappa shape index (κ2) is 21.2. The molecule has 278 valence electrons. The number of carbonyl (C=O) groups excluding carboxylic acids is 1. The fourth-order valence-electron chi connectivity index (χ4n) is 10.5. The molecular weight excluding hydrogens is 651 g/mol. The molecule has 47 heavy (non-hydrogen) atoms. The fraction of sp³-hybridized carbons (Fsp3) is 0.921. The van der Waals surface area contributed by atoms with Crippen molar-refractivity contribution in [3.63, 3.8) is 0 Å². The summed E-state index contributed by atoms with van der Waals surface area (Å²) >= 11 is 0. The summed E-state index contributed by atoms with van der Waals surface area (Å²) in [6, 6.07) is 0. The van der Waals surface area contributed by atoms with Gasteiger partial charge in [0.25, 0.3) is 0 Å². The summed E-state index contributed by atoms with van der Waals surface area (Å²) in [6.07, 6.45) is 20.6. The maximum Gasteiger partial charge on any atom is 0.410 e. The Labute approximate surface area is 307 Å². The summed E-state index contributed by atoms with van der Waals surface area (Å²) < 4.78 is 6.24. The molecule has 4 aliphatic carbocycles. The van der Waals surface area contributed by atoms with E-state index in [2.05, 4.69) is 46.0 Å². The highest BCUT2D eigenvalue weighted by Gasteiger charge is 2.59. The highest BCUT2D eigenvalue weighted by atomic mass is 35.5. The van der Waals surface area contributed by atoms with Crippen LogP contribution in [0.3, 0.4) is 0 Å². The smallest absolute Gasteiger partial charge is 0.410 e. The molecule has 0 unspecified atom stereocenters. The number of unbranched alkanes of at least 4 members (excludes halogenated alkanes) is 1. The number of nitrogens with zero attached hydrogens (tertiary/aromatic N) is 1. The predicted octanol–water partition coefficient (Wildman–Crippen LogP) is 9.17. The van der Waals surface area contributed by atoms with Crippen molar-refractivity contribution in [2.45, 2.75) is 137 Å². The third kappa shape index (κ3) is 11.1. The standard InChI is InChI=1S/C38H70N4O2.3ClH/c1-28(2)11-8-12-29(3)33-15-16-34-32-14-13-30-27-31(17-19-37(30,4)35(32)18-20-38(33,34)5)44-36(43)42(26-10-22-40)25-7-6-23-41-24-9-21-39;;;/h13,28-29,31-35,41H,6-12,14-27,39-40H2,1-5H3;3*1H/t29-,31+,32+,33-,34+,35+,37+,38-;;;/m1.../s1. The van der Waals surface area contributed by atoms with Gasteiger partial charge in [-0.15, -0.1) is 37.2 Å². The van der Waals surface area contributed by atoms with Gasteiger partial charge in [-0.05, 0) is 143 Å². The normalized spacial score (nSPS) is 31.6. The van der Waals surface area contributed by atoms with E-state index in [1.165, 1.54) is 51.4 Å². The summed E-state index contributed by atoms with van der Waals surface area (Å²) in [4.78, 5) is 15.3. The zero-order valence-electron chi connectivity index (χ0n) is 30.6. The van der Waals surface area contributed by atoms with E-state index in [4.69, 9.17) is 16.2 Å². The minimum Gasteiger partial charge on any atom is -0.446 e. The number of allylic oxidation sites excluding steroid dienone is 1. The number of ether oxygens (including phenoxy) is 1. The Balaban J connectivity index is 0.00000368. The Morgan fingerprint density at radius 3 is 2.30 bits per heavy atom. The van der Waals surface area contributed by atoms with Crippen LogP contribution in [0.2, 0.25) is 0 Å². The molecule has 3 saturated carbocycles. The van der Waals surface area contributed by atoms with Crippen LogP contribution in [0.5, 0.6) is 0 Å². The molecule has 0 heterocycles. The van der Waals surface area contributed by atoms with Crippen molar-refractivity contribution in [3.05, 3.63) is 11.6 Å². The van der Waals surface area contributed by atoms with Crippen LogP contribution in [0.15, 0.2) is 11.6 Å². The predicted molar refractivity (Wildman–Crippen MR) is 206 cm³/mol. The van der Waals surface area contributed by atoms with E-state index in [0.717, 1.165) is 107 Å². The number of halogens is 3. The van der Waals surface area contributed by atoms with E-state index >= 15 is 0 Å². The number of rotatable bonds is 17. The lowest BCUT2D eigenvalue weighted by molar-refractivity contribution is -0.0593. The van der Waals surface area contributed by atoms with E-state index in [-0.39, 0.29) is 54.8 Å². The molecular formula is C38H73Cl3N4O2. The van der Waals surface area contributed by atoms with Gasteiger partial charge in [0.1, 0.15) is 6.10 Å². The van der Waals surface area contributed by atoms with E-state index in [1.807, 2.05) is 4.90 Å². The first-order chi connectivity index (χ1) is 21.1. The summed E-state index contributed by atoms with van der Waals surface area (Å²) in [6.45, 7) is 17.3. The second-order valence-electron chi connectivity index (χ2n) is 16.3. The summed E-state index contributed by atoms with van der Waals surface area (Å²) in [5, 5.41) is 3.44. The molecule has 0 aromatic carbocycles. The first-order valence-corrected chi connectivity index (χ1v) is 18.9. The van der Waals surface area contributed by atoms with Crippen LogP contribution in [0.25, 0.3) is 0 Å². The van der Waals surface area contributed by atoms with Crippen molar-refractivity contribution in [2.24, 2.45) is 57.8 Å². The lowest BCUT2D eigenvalue weighted by atomic mass is 9.47. The zero-order chi connectivity index (χ0) is 31.7. The molecule has 5 N–H and O–H groups in total. The largest absolute Gasteiger partial charge is 0.446 e. The van der Waals surface area contributed by atoms with Crippen LogP contribution >= 0.6 is 37.2 Å². The molecule has 0 aromatic rings. The fourth-order valence-corrected chi connectivity index (χ4v) is 10.5. The Kier molecular flexibility index (Phi) is 20.2. The van der Waals surface area contributed by atoms with Crippen molar-refractivity contribution >= 4 is 43.3 Å². The van der Waals surface area contributed by atoms with Crippen molar-refractivity contribution in [2.75, 3.05) is 39.3 Å². The molecule has 0 bridgehead atoms. The minimum absolute atomic E-state index is 0. The molecule has 0 radical (unpaired) electrons. The maximum atomic E-state index is 13.3. The molecule has 0 spiro atoms. The first-order valence-electron chi connectivity index (χ1n) is 18.9. The highest BCUT2D eigenvalue weighted by molar-refractivity contribution is 5.86. The van der Waals surface area contributed by atoms with Crippen LogP contribution in [0.1, 0.15) is 131 Å². The Bertz CT molecular complexity index is 939. The summed E-state index contributed by atoms with van der Waals surface area (Å²) in [5.41, 5.74) is 13.8. The number of nitrogens with one attached hydrogen (secondary N) is 1. The zero-order valence-corrected chi connectivity index (χ0v) is 33.1. The Morgan fingerprint density at radius 1 is 0.894 bits per heavy atom. The lowest BCUT2D eigenvalue weighted by Gasteiger charge is -2.58. The van der Waals surface area contributed by atoms with Crippen molar-refractivity contribution in [3.8, 4) is 0 Å². The number of nitrogens with two attached hydrogens (primary N) is 2. The van der Waals surface area contributed by atoms with Crippen LogP contribution in [0.4, 0.5) is 4.79 Å². The van der Waals surface area contributed by atoms with Gasteiger partial charge in [0.2, 0.25) is 0 Å².